The molecule has 0 heterocycles. The van der Waals surface area contributed by atoms with Crippen LogP contribution in [-0.4, -0.2) is 5.96 Å². The third-order valence-corrected chi connectivity index (χ3v) is 2.00. The zero-order valence-corrected chi connectivity index (χ0v) is 8.14. The maximum Gasteiger partial charge on any atom is 0.232 e. The molecule has 1 aromatic rings. The van der Waals surface area contributed by atoms with Gasteiger partial charge in [0.15, 0.2) is 0 Å². The van der Waals surface area contributed by atoms with Gasteiger partial charge in [-0.15, -0.1) is 5.10 Å². The number of guanidine groups is 1. The molecule has 6 N–H and O–H groups in total. The number of hydrazone groups is 1. The fourth-order valence-corrected chi connectivity index (χ4v) is 1.09. The Bertz CT molecular complexity index is 316. The van der Waals surface area contributed by atoms with Crippen molar-refractivity contribution < 1.29 is 0 Å². The predicted molar refractivity (Wildman–Crippen MR) is 58.3 cm³/mol. The summed E-state index contributed by atoms with van der Waals surface area (Å²) in [6.45, 7) is 2.09. The van der Waals surface area contributed by atoms with Crippen LogP contribution >= 0.6 is 0 Å². The molecule has 0 aromatic heterocycles. The summed E-state index contributed by atoms with van der Waals surface area (Å²) in [6.07, 6.45) is 0.991. The van der Waals surface area contributed by atoms with E-state index in [-0.39, 0.29) is 5.96 Å². The Kier molecular flexibility index (Phi) is 3.30. The number of hydrazine groups is 1. The summed E-state index contributed by atoms with van der Waals surface area (Å²) in [5, 5.41) is 4.54. The monoisotopic (exact) mass is 193 g/mol. The van der Waals surface area contributed by atoms with Crippen molar-refractivity contribution in [3.8, 4) is 0 Å². The van der Waals surface area contributed by atoms with Crippen LogP contribution in [0.25, 0.3) is 0 Å². The minimum Gasteiger partial charge on any atom is -0.367 e. The molecule has 0 unspecified atom stereocenters. The van der Waals surface area contributed by atoms with Gasteiger partial charge in [-0.05, 0) is 24.1 Å². The maximum absolute atomic E-state index is 5.64. The highest BCUT2D eigenvalue weighted by Gasteiger charge is 2.04. The number of rotatable bonds is 2. The molecule has 0 radical (unpaired) electrons. The molecule has 0 fully saturated rings. The quantitative estimate of drug-likeness (QED) is 0.269. The fourth-order valence-electron chi connectivity index (χ4n) is 1.09. The van der Waals surface area contributed by atoms with Gasteiger partial charge in [0.25, 0.3) is 0 Å². The minimum atomic E-state index is 0.0780. The number of benzene rings is 1. The van der Waals surface area contributed by atoms with E-state index in [0.717, 1.165) is 12.1 Å². The van der Waals surface area contributed by atoms with Crippen LogP contribution in [0.1, 0.15) is 12.5 Å². The number of anilines is 1. The molecule has 0 saturated heterocycles. The van der Waals surface area contributed by atoms with Gasteiger partial charge in [0.2, 0.25) is 5.96 Å². The molecule has 0 aliphatic rings. The van der Waals surface area contributed by atoms with Crippen LogP contribution in [-0.2, 0) is 6.42 Å². The molecule has 0 spiro atoms. The second-order valence-corrected chi connectivity index (χ2v) is 2.88. The lowest BCUT2D eigenvalue weighted by atomic mass is 10.1. The van der Waals surface area contributed by atoms with E-state index in [2.05, 4.69) is 12.0 Å². The summed E-state index contributed by atoms with van der Waals surface area (Å²) >= 11 is 0. The molecule has 5 nitrogen and oxygen atoms in total. The summed E-state index contributed by atoms with van der Waals surface area (Å²) < 4.78 is 0. The number of nitrogens with zero attached hydrogens (tertiary/aromatic N) is 2. The van der Waals surface area contributed by atoms with Crippen molar-refractivity contribution in [2.75, 3.05) is 5.01 Å². The zero-order valence-electron chi connectivity index (χ0n) is 8.14. The number of hydrogen-bond acceptors (Lipinski definition) is 3. The zero-order chi connectivity index (χ0) is 10.6. The highest BCUT2D eigenvalue weighted by molar-refractivity contribution is 5.93. The van der Waals surface area contributed by atoms with Gasteiger partial charge >= 0.3 is 0 Å². The Morgan fingerprint density at radius 1 is 1.36 bits per heavy atom. The van der Waals surface area contributed by atoms with E-state index < -0.39 is 0 Å². The topological polar surface area (TPSA) is 93.7 Å². The van der Waals surface area contributed by atoms with Crippen molar-refractivity contribution >= 4 is 11.6 Å². The molecule has 0 saturated carbocycles. The van der Waals surface area contributed by atoms with Gasteiger partial charge in [-0.25, -0.2) is 10.9 Å². The second kappa shape index (κ2) is 4.48. The van der Waals surface area contributed by atoms with Crippen LogP contribution < -0.4 is 22.4 Å². The van der Waals surface area contributed by atoms with Gasteiger partial charge in [0.1, 0.15) is 0 Å². The Balaban J connectivity index is 2.86. The summed E-state index contributed by atoms with van der Waals surface area (Å²) in [4.78, 5) is 0. The van der Waals surface area contributed by atoms with Crippen molar-refractivity contribution in [2.45, 2.75) is 13.3 Å². The minimum absolute atomic E-state index is 0.0780. The summed E-state index contributed by atoms with van der Waals surface area (Å²) in [7, 11) is 0. The first-order valence-corrected chi connectivity index (χ1v) is 4.36. The van der Waals surface area contributed by atoms with Gasteiger partial charge in [-0.3, -0.25) is 0 Å². The highest BCUT2D eigenvalue weighted by atomic mass is 15.5. The van der Waals surface area contributed by atoms with Gasteiger partial charge in [0, 0.05) is 0 Å². The number of nitrogens with two attached hydrogens (primary N) is 3. The van der Waals surface area contributed by atoms with Crippen LogP contribution in [0.5, 0.6) is 0 Å². The standard InChI is InChI=1S/C9H15N5/c1-2-7-3-5-8(6-4-7)14(12)9(10)13-11/h3-6H,2,11-12H2,1H3,(H2,10,13). The van der Waals surface area contributed by atoms with Crippen molar-refractivity contribution in [3.05, 3.63) is 29.8 Å². The average Bonchev–Trinajstić information content (AvgIpc) is 2.27. The van der Waals surface area contributed by atoms with E-state index in [1.54, 1.807) is 0 Å². The molecule has 0 bridgehead atoms. The van der Waals surface area contributed by atoms with Gasteiger partial charge in [-0.1, -0.05) is 19.1 Å². The summed E-state index contributed by atoms with van der Waals surface area (Å²) in [6, 6.07) is 7.71. The van der Waals surface area contributed by atoms with Crippen molar-refractivity contribution in [3.63, 3.8) is 0 Å². The SMILES string of the molecule is CCc1ccc(N(N)/C(N)=N\N)cc1. The smallest absolute Gasteiger partial charge is 0.232 e. The summed E-state index contributed by atoms with van der Waals surface area (Å²) in [5.74, 6) is 10.7. The predicted octanol–water partition coefficient (Wildman–Crippen LogP) is 0.118. The van der Waals surface area contributed by atoms with Crippen molar-refractivity contribution in [1.82, 2.24) is 0 Å². The largest absolute Gasteiger partial charge is 0.367 e. The Morgan fingerprint density at radius 3 is 2.36 bits per heavy atom. The van der Waals surface area contributed by atoms with Crippen LogP contribution in [0.2, 0.25) is 0 Å². The van der Waals surface area contributed by atoms with E-state index in [1.165, 1.54) is 10.6 Å². The van der Waals surface area contributed by atoms with E-state index in [4.69, 9.17) is 17.4 Å². The van der Waals surface area contributed by atoms with Crippen LogP contribution in [0.3, 0.4) is 0 Å². The van der Waals surface area contributed by atoms with Crippen molar-refractivity contribution in [1.29, 1.82) is 0 Å². The second-order valence-electron chi connectivity index (χ2n) is 2.88. The normalized spacial score (nSPS) is 11.4. The molecule has 1 rings (SSSR count). The lowest BCUT2D eigenvalue weighted by Crippen LogP contribution is -2.43. The van der Waals surface area contributed by atoms with E-state index >= 15 is 0 Å². The molecule has 0 amide bonds. The molecular weight excluding hydrogens is 178 g/mol. The molecular formula is C9H15N5. The third kappa shape index (κ3) is 2.14. The number of hydrogen-bond donors (Lipinski definition) is 3. The van der Waals surface area contributed by atoms with Crippen LogP contribution in [0.4, 0.5) is 5.69 Å². The average molecular weight is 193 g/mol. The van der Waals surface area contributed by atoms with E-state index in [1.807, 2.05) is 24.3 Å². The van der Waals surface area contributed by atoms with Crippen molar-refractivity contribution in [2.24, 2.45) is 22.5 Å². The first-order chi connectivity index (χ1) is 6.69. The van der Waals surface area contributed by atoms with Gasteiger partial charge < -0.3 is 11.6 Å². The van der Waals surface area contributed by atoms with Crippen LogP contribution in [0, 0.1) is 0 Å². The molecule has 0 aliphatic heterocycles. The molecule has 1 aromatic carbocycles. The molecule has 14 heavy (non-hydrogen) atoms. The molecule has 0 atom stereocenters. The van der Waals surface area contributed by atoms with Crippen LogP contribution in [0.15, 0.2) is 29.4 Å². The maximum atomic E-state index is 5.64. The highest BCUT2D eigenvalue weighted by Crippen LogP contribution is 2.12. The van der Waals surface area contributed by atoms with E-state index in [9.17, 15) is 0 Å². The third-order valence-electron chi connectivity index (χ3n) is 2.00. The van der Waals surface area contributed by atoms with E-state index in [0.29, 0.717) is 0 Å². The fraction of sp³-hybridized carbons (Fsp3) is 0.222. The van der Waals surface area contributed by atoms with Gasteiger partial charge in [-0.2, -0.15) is 0 Å². The molecule has 0 aliphatic carbocycles. The number of aryl methyl sites for hydroxylation is 1. The lowest BCUT2D eigenvalue weighted by molar-refractivity contribution is 1.07. The first kappa shape index (κ1) is 10.3. The summed E-state index contributed by atoms with van der Waals surface area (Å²) in [5.41, 5.74) is 7.44. The molecule has 76 valence electrons. The van der Waals surface area contributed by atoms with Gasteiger partial charge in [0.05, 0.1) is 5.69 Å². The Labute approximate surface area is 83.1 Å². The molecule has 5 heteroatoms. The Hall–Kier alpha value is -1.75. The first-order valence-electron chi connectivity index (χ1n) is 4.36. The Morgan fingerprint density at radius 2 is 1.93 bits per heavy atom. The lowest BCUT2D eigenvalue weighted by Gasteiger charge is -2.16.